The van der Waals surface area contributed by atoms with Gasteiger partial charge in [-0.3, -0.25) is 4.79 Å². The van der Waals surface area contributed by atoms with Crippen LogP contribution in [-0.2, 0) is 9.47 Å². The first-order chi connectivity index (χ1) is 14.3. The van der Waals surface area contributed by atoms with Crippen molar-refractivity contribution in [1.29, 1.82) is 0 Å². The third-order valence-corrected chi connectivity index (χ3v) is 4.54. The summed E-state index contributed by atoms with van der Waals surface area (Å²) in [5.41, 5.74) is 2.20. The fraction of sp³-hybridized carbons (Fsp3) is 0.273. The molecule has 2 heterocycles. The largest absolute Gasteiger partial charge is 0.461 e. The molecule has 3 rings (SSSR count). The molecule has 0 saturated heterocycles. The molecule has 1 N–H and O–H groups in total. The molecule has 156 valence electrons. The van der Waals surface area contributed by atoms with Gasteiger partial charge in [-0.2, -0.15) is 0 Å². The van der Waals surface area contributed by atoms with Gasteiger partial charge >= 0.3 is 11.9 Å². The molecule has 0 amide bonds. The molecular weight excluding hydrogens is 388 g/mol. The second-order valence-corrected chi connectivity index (χ2v) is 6.63. The summed E-state index contributed by atoms with van der Waals surface area (Å²) in [5.74, 6) is -1.15. The van der Waals surface area contributed by atoms with E-state index in [1.807, 2.05) is 30.3 Å². The molecule has 2 aromatic heterocycles. The van der Waals surface area contributed by atoms with Crippen LogP contribution in [0.5, 0.6) is 0 Å². The van der Waals surface area contributed by atoms with Gasteiger partial charge in [0.05, 0.1) is 6.61 Å². The number of aromatic nitrogens is 2. The lowest BCUT2D eigenvalue weighted by molar-refractivity contribution is 0.0466. The molecule has 8 nitrogen and oxygen atoms in total. The van der Waals surface area contributed by atoms with Crippen molar-refractivity contribution in [3.63, 3.8) is 0 Å². The van der Waals surface area contributed by atoms with Gasteiger partial charge in [0.25, 0.3) is 0 Å². The first-order valence-electron chi connectivity index (χ1n) is 9.42. The number of aryl methyl sites for hydroxylation is 2. The molecule has 0 spiro atoms. The Kier molecular flexibility index (Phi) is 6.15. The smallest absolute Gasteiger partial charge is 0.361 e. The highest BCUT2D eigenvalue weighted by molar-refractivity contribution is 6.04. The number of benzene rings is 1. The zero-order valence-electron chi connectivity index (χ0n) is 17.2. The van der Waals surface area contributed by atoms with Gasteiger partial charge in [0.1, 0.15) is 11.5 Å². The summed E-state index contributed by atoms with van der Waals surface area (Å²) < 4.78 is 15.7. The van der Waals surface area contributed by atoms with Crippen LogP contribution in [0.15, 0.2) is 34.7 Å². The molecule has 0 aliphatic heterocycles. The minimum atomic E-state index is -0.761. The predicted octanol–water partition coefficient (Wildman–Crippen LogP) is 3.81. The molecule has 0 saturated carbocycles. The number of rotatable bonds is 7. The Hall–Kier alpha value is -3.68. The fourth-order valence-electron chi connectivity index (χ4n) is 3.14. The van der Waals surface area contributed by atoms with Crippen molar-refractivity contribution in [3.05, 3.63) is 64.3 Å². The highest BCUT2D eigenvalue weighted by Gasteiger charge is 2.25. The van der Waals surface area contributed by atoms with Gasteiger partial charge in [0.2, 0.25) is 11.7 Å². The van der Waals surface area contributed by atoms with E-state index < -0.39 is 24.3 Å². The summed E-state index contributed by atoms with van der Waals surface area (Å²) in [6, 6.07) is 9.14. The van der Waals surface area contributed by atoms with Gasteiger partial charge in [0, 0.05) is 16.8 Å². The highest BCUT2D eigenvalue weighted by atomic mass is 16.5. The Labute approximate surface area is 173 Å². The van der Waals surface area contributed by atoms with Gasteiger partial charge in [-0.1, -0.05) is 18.2 Å². The monoisotopic (exact) mass is 410 g/mol. The fourth-order valence-corrected chi connectivity index (χ4v) is 3.14. The molecule has 30 heavy (non-hydrogen) atoms. The van der Waals surface area contributed by atoms with Crippen LogP contribution in [0.1, 0.15) is 55.3 Å². The Morgan fingerprint density at radius 1 is 1.03 bits per heavy atom. The third kappa shape index (κ3) is 4.17. The molecular formula is C22H22N2O6. The van der Waals surface area contributed by atoms with Crippen molar-refractivity contribution >= 4 is 17.7 Å². The number of oxazole rings is 1. The van der Waals surface area contributed by atoms with E-state index in [1.54, 1.807) is 27.7 Å². The average molecular weight is 410 g/mol. The normalized spacial score (nSPS) is 10.7. The molecule has 0 aliphatic rings. The second-order valence-electron chi connectivity index (χ2n) is 6.63. The van der Waals surface area contributed by atoms with Crippen molar-refractivity contribution in [2.75, 3.05) is 13.2 Å². The number of esters is 2. The summed E-state index contributed by atoms with van der Waals surface area (Å²) in [7, 11) is 0. The summed E-state index contributed by atoms with van der Waals surface area (Å²) >= 11 is 0. The standard InChI is InChI=1S/C22H22N2O6/c1-5-28-21(26)18-12(2)17(13(3)23-18)16(25)11-29-22(27)19-14(4)30-20(24-19)15-9-7-6-8-10-15/h6-10,23H,5,11H2,1-4H3. The van der Waals surface area contributed by atoms with Gasteiger partial charge in [-0.25, -0.2) is 14.6 Å². The highest BCUT2D eigenvalue weighted by Crippen LogP contribution is 2.23. The summed E-state index contributed by atoms with van der Waals surface area (Å²) in [5, 5.41) is 0. The molecule has 3 aromatic rings. The molecule has 0 fully saturated rings. The van der Waals surface area contributed by atoms with Gasteiger partial charge in [-0.15, -0.1) is 0 Å². The third-order valence-electron chi connectivity index (χ3n) is 4.54. The number of ether oxygens (including phenoxy) is 2. The van der Waals surface area contributed by atoms with E-state index in [4.69, 9.17) is 13.9 Å². The Balaban J connectivity index is 1.72. The van der Waals surface area contributed by atoms with E-state index in [9.17, 15) is 14.4 Å². The number of Topliss-reactive ketones (excluding diaryl/α,β-unsaturated/α-hetero) is 1. The number of nitrogens with one attached hydrogen (secondary N) is 1. The van der Waals surface area contributed by atoms with Crippen LogP contribution in [0.25, 0.3) is 11.5 Å². The van der Waals surface area contributed by atoms with E-state index >= 15 is 0 Å². The Bertz CT molecular complexity index is 1090. The Morgan fingerprint density at radius 3 is 2.40 bits per heavy atom. The van der Waals surface area contributed by atoms with Crippen molar-refractivity contribution in [1.82, 2.24) is 9.97 Å². The first kappa shape index (κ1) is 21.0. The maximum atomic E-state index is 12.6. The lowest BCUT2D eigenvalue weighted by Gasteiger charge is -2.04. The van der Waals surface area contributed by atoms with Crippen LogP contribution in [0.4, 0.5) is 0 Å². The summed E-state index contributed by atoms with van der Waals surface area (Å²) in [4.78, 5) is 44.1. The average Bonchev–Trinajstić information content (AvgIpc) is 3.26. The molecule has 1 aromatic carbocycles. The number of carbonyl (C=O) groups excluding carboxylic acids is 3. The number of hydrogen-bond acceptors (Lipinski definition) is 7. The van der Waals surface area contributed by atoms with Crippen LogP contribution in [0.2, 0.25) is 0 Å². The van der Waals surface area contributed by atoms with Gasteiger partial charge in [0.15, 0.2) is 12.3 Å². The van der Waals surface area contributed by atoms with Crippen LogP contribution in [0, 0.1) is 20.8 Å². The molecule has 8 heteroatoms. The number of aromatic amines is 1. The minimum absolute atomic E-state index is 0.0105. The zero-order valence-corrected chi connectivity index (χ0v) is 17.2. The van der Waals surface area contributed by atoms with Crippen molar-refractivity contribution in [3.8, 4) is 11.5 Å². The first-order valence-corrected chi connectivity index (χ1v) is 9.42. The molecule has 0 bridgehead atoms. The maximum Gasteiger partial charge on any atom is 0.361 e. The zero-order chi connectivity index (χ0) is 21.8. The van der Waals surface area contributed by atoms with E-state index in [0.29, 0.717) is 28.5 Å². The molecule has 0 radical (unpaired) electrons. The number of hydrogen-bond donors (Lipinski definition) is 1. The minimum Gasteiger partial charge on any atom is -0.461 e. The van der Waals surface area contributed by atoms with Gasteiger partial charge in [-0.05, 0) is 45.4 Å². The maximum absolute atomic E-state index is 12.6. The summed E-state index contributed by atoms with van der Waals surface area (Å²) in [6.45, 7) is 6.33. The number of carbonyl (C=O) groups is 3. The SMILES string of the molecule is CCOC(=O)c1[nH]c(C)c(C(=O)COC(=O)c2nc(-c3ccccc3)oc2C)c1C. The van der Waals surface area contributed by atoms with E-state index in [-0.39, 0.29) is 18.0 Å². The lowest BCUT2D eigenvalue weighted by Crippen LogP contribution is -2.16. The van der Waals surface area contributed by atoms with E-state index in [1.165, 1.54) is 0 Å². The second kappa shape index (κ2) is 8.77. The number of H-pyrrole nitrogens is 1. The van der Waals surface area contributed by atoms with Crippen molar-refractivity contribution < 1.29 is 28.3 Å². The lowest BCUT2D eigenvalue weighted by atomic mass is 10.1. The molecule has 0 aliphatic carbocycles. The van der Waals surface area contributed by atoms with Gasteiger partial charge < -0.3 is 18.9 Å². The van der Waals surface area contributed by atoms with Crippen molar-refractivity contribution in [2.24, 2.45) is 0 Å². The van der Waals surface area contributed by atoms with Crippen LogP contribution < -0.4 is 0 Å². The summed E-state index contributed by atoms with van der Waals surface area (Å²) in [6.07, 6.45) is 0. The van der Waals surface area contributed by atoms with Crippen molar-refractivity contribution in [2.45, 2.75) is 27.7 Å². The molecule has 0 atom stereocenters. The van der Waals surface area contributed by atoms with Crippen LogP contribution in [-0.4, -0.2) is 40.9 Å². The Morgan fingerprint density at radius 2 is 1.73 bits per heavy atom. The predicted molar refractivity (Wildman–Crippen MR) is 108 cm³/mol. The van der Waals surface area contributed by atoms with Crippen LogP contribution >= 0.6 is 0 Å². The topological polar surface area (TPSA) is 111 Å². The quantitative estimate of drug-likeness (QED) is 0.466. The van der Waals surface area contributed by atoms with E-state index in [0.717, 1.165) is 5.56 Å². The van der Waals surface area contributed by atoms with Crippen LogP contribution in [0.3, 0.4) is 0 Å². The molecule has 0 unspecified atom stereocenters. The number of ketones is 1. The number of nitrogens with zero attached hydrogens (tertiary/aromatic N) is 1. The van der Waals surface area contributed by atoms with E-state index in [2.05, 4.69) is 9.97 Å².